The van der Waals surface area contributed by atoms with Crippen LogP contribution in [-0.2, 0) is 0 Å². The zero-order chi connectivity index (χ0) is 20.5. The third-order valence-electron chi connectivity index (χ3n) is 4.70. The van der Waals surface area contributed by atoms with E-state index in [1.807, 2.05) is 19.9 Å². The van der Waals surface area contributed by atoms with Crippen LogP contribution in [0.4, 0.5) is 4.39 Å². The molecule has 2 heterocycles. The van der Waals surface area contributed by atoms with Crippen molar-refractivity contribution in [1.29, 1.82) is 5.26 Å². The normalized spacial score (nSPS) is 12.1. The fraction of sp³-hybridized carbons (Fsp3) is 0.227. The third kappa shape index (κ3) is 3.59. The van der Waals surface area contributed by atoms with Crippen LogP contribution >= 0.6 is 11.3 Å². The minimum absolute atomic E-state index is 0.0789. The lowest BCUT2D eigenvalue weighted by Gasteiger charge is -2.12. The molecule has 1 unspecified atom stereocenters. The quantitative estimate of drug-likeness (QED) is 0.424. The number of hydrogen-bond acceptors (Lipinski definition) is 6. The molecule has 4 aromatic rings. The van der Waals surface area contributed by atoms with Gasteiger partial charge in [0.1, 0.15) is 10.8 Å². The molecule has 4 rings (SSSR count). The van der Waals surface area contributed by atoms with Crippen molar-refractivity contribution >= 4 is 32.5 Å². The molecule has 0 N–H and O–H groups in total. The van der Waals surface area contributed by atoms with Crippen LogP contribution in [0.25, 0.3) is 31.7 Å². The Morgan fingerprint density at radius 3 is 2.79 bits per heavy atom. The van der Waals surface area contributed by atoms with Crippen molar-refractivity contribution in [3.8, 4) is 28.1 Å². The second-order valence-electron chi connectivity index (χ2n) is 6.69. The van der Waals surface area contributed by atoms with Gasteiger partial charge in [-0.3, -0.25) is 4.98 Å². The second kappa shape index (κ2) is 7.64. The van der Waals surface area contributed by atoms with Gasteiger partial charge in [-0.25, -0.2) is 9.37 Å². The number of aromatic nitrogens is 2. The summed E-state index contributed by atoms with van der Waals surface area (Å²) in [6.07, 6.45) is 2.33. The highest BCUT2D eigenvalue weighted by Crippen LogP contribution is 2.37. The molecule has 5 nitrogen and oxygen atoms in total. The number of nitriles is 1. The van der Waals surface area contributed by atoms with Gasteiger partial charge in [0.2, 0.25) is 0 Å². The van der Waals surface area contributed by atoms with Crippen LogP contribution in [-0.4, -0.2) is 23.2 Å². The van der Waals surface area contributed by atoms with Gasteiger partial charge in [0.15, 0.2) is 11.6 Å². The van der Waals surface area contributed by atoms with E-state index >= 15 is 0 Å². The van der Waals surface area contributed by atoms with Gasteiger partial charge >= 0.3 is 0 Å². The van der Waals surface area contributed by atoms with E-state index in [4.69, 9.17) is 9.47 Å². The molecular formula is C22H18FN3O2S. The molecule has 0 bridgehead atoms. The summed E-state index contributed by atoms with van der Waals surface area (Å²) in [7, 11) is 1.57. The largest absolute Gasteiger partial charge is 0.495 e. The number of pyridine rings is 1. The molecule has 29 heavy (non-hydrogen) atoms. The Bertz CT molecular complexity index is 1260. The molecule has 7 heteroatoms. The first-order valence-corrected chi connectivity index (χ1v) is 9.99. The maximum absolute atomic E-state index is 14.5. The van der Waals surface area contributed by atoms with Gasteiger partial charge in [0.05, 0.1) is 46.8 Å². The van der Waals surface area contributed by atoms with Crippen LogP contribution in [0.3, 0.4) is 0 Å². The van der Waals surface area contributed by atoms with Gasteiger partial charge in [-0.15, -0.1) is 11.3 Å². The molecule has 0 spiro atoms. The lowest BCUT2D eigenvalue weighted by Crippen LogP contribution is -2.10. The molecule has 0 saturated carbocycles. The summed E-state index contributed by atoms with van der Waals surface area (Å²) in [5, 5.41) is 10.9. The Balaban J connectivity index is 1.88. The second-order valence-corrected chi connectivity index (χ2v) is 7.72. The van der Waals surface area contributed by atoms with Crippen LogP contribution in [0.1, 0.15) is 25.8 Å². The van der Waals surface area contributed by atoms with Crippen LogP contribution in [0.2, 0.25) is 0 Å². The van der Waals surface area contributed by atoms with Crippen molar-refractivity contribution in [3.05, 3.63) is 47.9 Å². The van der Waals surface area contributed by atoms with Crippen molar-refractivity contribution in [1.82, 2.24) is 9.97 Å². The minimum atomic E-state index is -0.437. The molecule has 2 aromatic carbocycles. The number of hydrogen-bond donors (Lipinski definition) is 0. The van der Waals surface area contributed by atoms with E-state index in [1.54, 1.807) is 31.5 Å². The van der Waals surface area contributed by atoms with E-state index in [0.29, 0.717) is 27.4 Å². The number of ether oxygens (including phenoxy) is 2. The van der Waals surface area contributed by atoms with E-state index < -0.39 is 5.82 Å². The fourth-order valence-electron chi connectivity index (χ4n) is 3.00. The Morgan fingerprint density at radius 2 is 2.07 bits per heavy atom. The third-order valence-corrected chi connectivity index (χ3v) is 5.75. The number of thiazole rings is 1. The van der Waals surface area contributed by atoms with E-state index in [2.05, 4.69) is 16.0 Å². The molecule has 0 aliphatic rings. The predicted molar refractivity (Wildman–Crippen MR) is 112 cm³/mol. The first kappa shape index (κ1) is 19.1. The zero-order valence-electron chi connectivity index (χ0n) is 16.2. The van der Waals surface area contributed by atoms with Gasteiger partial charge in [-0.05, 0) is 31.5 Å². The van der Waals surface area contributed by atoms with Crippen molar-refractivity contribution in [2.75, 3.05) is 7.11 Å². The molecular weight excluding hydrogens is 389 g/mol. The summed E-state index contributed by atoms with van der Waals surface area (Å²) in [5.74, 6) is 0.394. The number of nitrogens with zero attached hydrogens (tertiary/aromatic N) is 3. The van der Waals surface area contributed by atoms with E-state index in [9.17, 15) is 9.65 Å². The summed E-state index contributed by atoms with van der Waals surface area (Å²) >= 11 is 1.41. The lowest BCUT2D eigenvalue weighted by atomic mass is 10.1. The smallest absolute Gasteiger partial charge is 0.167 e. The zero-order valence-corrected chi connectivity index (χ0v) is 17.0. The maximum Gasteiger partial charge on any atom is 0.167 e. The van der Waals surface area contributed by atoms with Crippen LogP contribution in [0, 0.1) is 17.1 Å². The lowest BCUT2D eigenvalue weighted by molar-refractivity contribution is 0.208. The molecule has 0 aliphatic heterocycles. The Morgan fingerprint density at radius 1 is 1.24 bits per heavy atom. The van der Waals surface area contributed by atoms with Crippen LogP contribution in [0.15, 0.2) is 36.5 Å². The monoisotopic (exact) mass is 407 g/mol. The van der Waals surface area contributed by atoms with E-state index in [0.717, 1.165) is 22.1 Å². The number of benzene rings is 2. The van der Waals surface area contributed by atoms with Gasteiger partial charge in [-0.1, -0.05) is 6.92 Å². The molecule has 0 radical (unpaired) electrons. The van der Waals surface area contributed by atoms with Crippen LogP contribution in [0.5, 0.6) is 11.5 Å². The average Bonchev–Trinajstić information content (AvgIpc) is 3.14. The average molecular weight is 407 g/mol. The molecule has 0 aliphatic carbocycles. The fourth-order valence-corrected chi connectivity index (χ4v) is 4.00. The summed E-state index contributed by atoms with van der Waals surface area (Å²) in [5.41, 5.74) is 2.48. The van der Waals surface area contributed by atoms with Crippen molar-refractivity contribution < 1.29 is 13.9 Å². The highest BCUT2D eigenvalue weighted by molar-refractivity contribution is 7.21. The molecule has 0 fully saturated rings. The Labute approximate surface area is 171 Å². The standard InChI is InChI=1S/C22H18FN3O2S/c1-4-12(2)28-19-9-20-18(8-17(19)23)26-22(29-20)16-6-13(10-24)5-14-7-15(27-3)11-25-21(14)16/h5-9,11-12H,4H2,1-3H3. The molecule has 0 amide bonds. The minimum Gasteiger partial charge on any atom is -0.495 e. The first-order chi connectivity index (χ1) is 14.0. The van der Waals surface area contributed by atoms with Crippen molar-refractivity contribution in [3.63, 3.8) is 0 Å². The maximum atomic E-state index is 14.5. The van der Waals surface area contributed by atoms with Crippen molar-refractivity contribution in [2.45, 2.75) is 26.4 Å². The van der Waals surface area contributed by atoms with Gasteiger partial charge in [-0.2, -0.15) is 5.26 Å². The van der Waals surface area contributed by atoms with Gasteiger partial charge in [0.25, 0.3) is 0 Å². The summed E-state index contributed by atoms with van der Waals surface area (Å²) in [6, 6.07) is 10.6. The Hall–Kier alpha value is -3.24. The van der Waals surface area contributed by atoms with E-state index in [-0.39, 0.29) is 11.9 Å². The number of methoxy groups -OCH3 is 1. The SMILES string of the molecule is CCC(C)Oc1cc2sc(-c3cc(C#N)cc4cc(OC)cnc34)nc2cc1F. The number of fused-ring (bicyclic) bond motifs is 2. The number of rotatable bonds is 5. The summed E-state index contributed by atoms with van der Waals surface area (Å²) in [6.45, 7) is 3.89. The summed E-state index contributed by atoms with van der Waals surface area (Å²) in [4.78, 5) is 9.09. The van der Waals surface area contributed by atoms with Crippen molar-refractivity contribution in [2.24, 2.45) is 0 Å². The predicted octanol–water partition coefficient (Wildman–Crippen LogP) is 5.71. The highest BCUT2D eigenvalue weighted by Gasteiger charge is 2.16. The molecule has 2 aromatic heterocycles. The summed E-state index contributed by atoms with van der Waals surface area (Å²) < 4.78 is 26.2. The van der Waals surface area contributed by atoms with Gasteiger partial charge < -0.3 is 9.47 Å². The highest BCUT2D eigenvalue weighted by atomic mass is 32.1. The van der Waals surface area contributed by atoms with Crippen LogP contribution < -0.4 is 9.47 Å². The van der Waals surface area contributed by atoms with E-state index in [1.165, 1.54) is 17.4 Å². The number of halogens is 1. The topological polar surface area (TPSA) is 68.0 Å². The molecule has 0 saturated heterocycles. The van der Waals surface area contributed by atoms with Gasteiger partial charge in [0, 0.05) is 23.1 Å². The first-order valence-electron chi connectivity index (χ1n) is 9.17. The Kier molecular flexibility index (Phi) is 5.03. The molecule has 1 atom stereocenters. The molecule has 146 valence electrons.